The number of nitrogen functional groups attached to an aromatic ring is 1. The van der Waals surface area contributed by atoms with E-state index in [4.69, 9.17) is 11.5 Å². The largest absolute Gasteiger partial charge is 0.399 e. The molecule has 0 saturated heterocycles. The fourth-order valence-corrected chi connectivity index (χ4v) is 1.83. The lowest BCUT2D eigenvalue weighted by Crippen LogP contribution is -2.40. The first-order valence-electron chi connectivity index (χ1n) is 6.03. The zero-order valence-corrected chi connectivity index (χ0v) is 11.4. The van der Waals surface area contributed by atoms with E-state index >= 15 is 0 Å². The summed E-state index contributed by atoms with van der Waals surface area (Å²) in [5.74, 6) is -0.691. The van der Waals surface area contributed by atoms with Gasteiger partial charge in [-0.1, -0.05) is 0 Å². The lowest BCUT2D eigenvalue weighted by molar-refractivity contribution is -0.116. The zero-order valence-electron chi connectivity index (χ0n) is 11.4. The molecular formula is C13H20N4O2. The van der Waals surface area contributed by atoms with Gasteiger partial charge in [0.05, 0.1) is 17.8 Å². The summed E-state index contributed by atoms with van der Waals surface area (Å²) in [5, 5.41) is 2.57. The van der Waals surface area contributed by atoms with Crippen molar-refractivity contribution in [1.29, 1.82) is 0 Å². The molecular weight excluding hydrogens is 244 g/mol. The standard InChI is InChI=1S/C13H20N4O2/c1-8(2)17(7-12(15)18)11-6-9(14)4-5-10(11)13(19)16-3/h4-6,8H,7,14H2,1-3H3,(H2,15,18)(H,16,19). The molecule has 0 aliphatic carbocycles. The first-order valence-corrected chi connectivity index (χ1v) is 6.03. The molecule has 5 N–H and O–H groups in total. The van der Waals surface area contributed by atoms with E-state index in [1.165, 1.54) is 0 Å². The maximum Gasteiger partial charge on any atom is 0.253 e. The van der Waals surface area contributed by atoms with E-state index < -0.39 is 5.91 Å². The van der Waals surface area contributed by atoms with Gasteiger partial charge in [-0.25, -0.2) is 0 Å². The summed E-state index contributed by atoms with van der Waals surface area (Å²) >= 11 is 0. The van der Waals surface area contributed by atoms with Crippen molar-refractivity contribution in [3.05, 3.63) is 23.8 Å². The predicted molar refractivity (Wildman–Crippen MR) is 75.9 cm³/mol. The van der Waals surface area contributed by atoms with Gasteiger partial charge in [-0.2, -0.15) is 0 Å². The average Bonchev–Trinajstić information content (AvgIpc) is 2.34. The van der Waals surface area contributed by atoms with Crippen molar-refractivity contribution in [1.82, 2.24) is 5.32 Å². The molecule has 0 spiro atoms. The summed E-state index contributed by atoms with van der Waals surface area (Å²) in [5.41, 5.74) is 12.6. The molecule has 0 atom stereocenters. The van der Waals surface area contributed by atoms with Crippen molar-refractivity contribution in [2.45, 2.75) is 19.9 Å². The Morgan fingerprint density at radius 1 is 1.37 bits per heavy atom. The van der Waals surface area contributed by atoms with E-state index in [1.54, 1.807) is 30.1 Å². The SMILES string of the molecule is CNC(=O)c1ccc(N)cc1N(CC(N)=O)C(C)C. The summed E-state index contributed by atoms with van der Waals surface area (Å²) in [6, 6.07) is 4.97. The highest BCUT2D eigenvalue weighted by molar-refractivity contribution is 6.00. The highest BCUT2D eigenvalue weighted by atomic mass is 16.2. The van der Waals surface area contributed by atoms with Crippen molar-refractivity contribution in [3.8, 4) is 0 Å². The number of amides is 2. The van der Waals surface area contributed by atoms with Crippen molar-refractivity contribution < 1.29 is 9.59 Å². The number of carbonyl (C=O) groups excluding carboxylic acids is 2. The Morgan fingerprint density at radius 2 is 2.00 bits per heavy atom. The van der Waals surface area contributed by atoms with Crippen LogP contribution in [0.5, 0.6) is 0 Å². The third-order valence-corrected chi connectivity index (χ3v) is 2.75. The minimum Gasteiger partial charge on any atom is -0.399 e. The second-order valence-corrected chi connectivity index (χ2v) is 4.54. The Labute approximate surface area is 112 Å². The molecule has 0 saturated carbocycles. The highest BCUT2D eigenvalue weighted by Gasteiger charge is 2.19. The third-order valence-electron chi connectivity index (χ3n) is 2.75. The van der Waals surface area contributed by atoms with Crippen LogP contribution in [0.15, 0.2) is 18.2 Å². The van der Waals surface area contributed by atoms with Crippen LogP contribution < -0.4 is 21.7 Å². The normalized spacial score (nSPS) is 10.3. The second-order valence-electron chi connectivity index (χ2n) is 4.54. The van der Waals surface area contributed by atoms with Crippen LogP contribution in [0.3, 0.4) is 0 Å². The second kappa shape index (κ2) is 6.08. The zero-order chi connectivity index (χ0) is 14.6. The van der Waals surface area contributed by atoms with Crippen LogP contribution in [0, 0.1) is 0 Å². The number of rotatable bonds is 5. The Hall–Kier alpha value is -2.24. The quantitative estimate of drug-likeness (QED) is 0.667. The van der Waals surface area contributed by atoms with Gasteiger partial charge < -0.3 is 21.7 Å². The molecule has 0 radical (unpaired) electrons. The monoisotopic (exact) mass is 264 g/mol. The Bertz CT molecular complexity index is 486. The molecule has 0 heterocycles. The summed E-state index contributed by atoms with van der Waals surface area (Å²) in [6.45, 7) is 3.87. The first-order chi connectivity index (χ1) is 8.86. The molecule has 6 heteroatoms. The average molecular weight is 264 g/mol. The topological polar surface area (TPSA) is 101 Å². The fraction of sp³-hybridized carbons (Fsp3) is 0.385. The number of hydrogen-bond donors (Lipinski definition) is 3. The molecule has 0 aliphatic heterocycles. The molecule has 0 bridgehead atoms. The van der Waals surface area contributed by atoms with Gasteiger partial charge in [0.25, 0.3) is 5.91 Å². The molecule has 0 fully saturated rings. The van der Waals surface area contributed by atoms with Crippen LogP contribution in [0.4, 0.5) is 11.4 Å². The molecule has 1 rings (SSSR count). The van der Waals surface area contributed by atoms with Crippen LogP contribution in [0.1, 0.15) is 24.2 Å². The van der Waals surface area contributed by atoms with E-state index in [1.807, 2.05) is 13.8 Å². The lowest BCUT2D eigenvalue weighted by atomic mass is 10.1. The molecule has 6 nitrogen and oxygen atoms in total. The summed E-state index contributed by atoms with van der Waals surface area (Å²) < 4.78 is 0. The van der Waals surface area contributed by atoms with Gasteiger partial charge in [0.2, 0.25) is 5.91 Å². The number of hydrogen-bond acceptors (Lipinski definition) is 4. The molecule has 0 aliphatic rings. The van der Waals surface area contributed by atoms with Crippen molar-refractivity contribution in [2.24, 2.45) is 5.73 Å². The summed E-state index contributed by atoms with van der Waals surface area (Å²) in [4.78, 5) is 24.8. The van der Waals surface area contributed by atoms with Crippen LogP contribution in [-0.4, -0.2) is 31.4 Å². The molecule has 0 aromatic heterocycles. The van der Waals surface area contributed by atoms with Crippen LogP contribution in [0.2, 0.25) is 0 Å². The van der Waals surface area contributed by atoms with Crippen molar-refractivity contribution in [3.63, 3.8) is 0 Å². The highest BCUT2D eigenvalue weighted by Crippen LogP contribution is 2.25. The number of primary amides is 1. The van der Waals surface area contributed by atoms with E-state index in [0.29, 0.717) is 16.9 Å². The van der Waals surface area contributed by atoms with Gasteiger partial charge in [-0.15, -0.1) is 0 Å². The number of nitrogens with zero attached hydrogens (tertiary/aromatic N) is 1. The van der Waals surface area contributed by atoms with Gasteiger partial charge in [-0.3, -0.25) is 9.59 Å². The molecule has 1 aromatic rings. The van der Waals surface area contributed by atoms with Gasteiger partial charge >= 0.3 is 0 Å². The number of nitrogens with one attached hydrogen (secondary N) is 1. The van der Waals surface area contributed by atoms with Crippen molar-refractivity contribution in [2.75, 3.05) is 24.2 Å². The molecule has 0 unspecified atom stereocenters. The van der Waals surface area contributed by atoms with Crippen LogP contribution >= 0.6 is 0 Å². The van der Waals surface area contributed by atoms with Gasteiger partial charge in [0, 0.05) is 18.8 Å². The van der Waals surface area contributed by atoms with Crippen molar-refractivity contribution >= 4 is 23.2 Å². The third kappa shape index (κ3) is 3.61. The molecule has 1 aromatic carbocycles. The van der Waals surface area contributed by atoms with E-state index in [2.05, 4.69) is 5.32 Å². The summed E-state index contributed by atoms with van der Waals surface area (Å²) in [7, 11) is 1.55. The Balaban J connectivity index is 3.30. The molecule has 104 valence electrons. The number of benzene rings is 1. The molecule has 2 amide bonds. The van der Waals surface area contributed by atoms with Gasteiger partial charge in [-0.05, 0) is 32.0 Å². The Kier molecular flexibility index (Phi) is 4.74. The maximum atomic E-state index is 11.9. The van der Waals surface area contributed by atoms with Crippen LogP contribution in [-0.2, 0) is 4.79 Å². The fourth-order valence-electron chi connectivity index (χ4n) is 1.83. The number of nitrogens with two attached hydrogens (primary N) is 2. The van der Waals surface area contributed by atoms with E-state index in [0.717, 1.165) is 0 Å². The first kappa shape index (κ1) is 14.8. The lowest BCUT2D eigenvalue weighted by Gasteiger charge is -2.29. The minimum atomic E-state index is -0.459. The van der Waals surface area contributed by atoms with E-state index in [9.17, 15) is 9.59 Å². The minimum absolute atomic E-state index is 0.0118. The van der Waals surface area contributed by atoms with Gasteiger partial charge in [0.1, 0.15) is 0 Å². The Morgan fingerprint density at radius 3 is 2.47 bits per heavy atom. The maximum absolute atomic E-state index is 11.9. The van der Waals surface area contributed by atoms with Crippen LogP contribution in [0.25, 0.3) is 0 Å². The van der Waals surface area contributed by atoms with Gasteiger partial charge in [0.15, 0.2) is 0 Å². The predicted octanol–water partition coefficient (Wildman–Crippen LogP) is 0.329. The smallest absolute Gasteiger partial charge is 0.253 e. The molecule has 19 heavy (non-hydrogen) atoms. The number of carbonyl (C=O) groups is 2. The number of anilines is 2. The summed E-state index contributed by atoms with van der Waals surface area (Å²) in [6.07, 6.45) is 0. The van der Waals surface area contributed by atoms with E-state index in [-0.39, 0.29) is 18.5 Å².